The van der Waals surface area contributed by atoms with E-state index in [2.05, 4.69) is 0 Å². The van der Waals surface area contributed by atoms with Crippen LogP contribution in [0.15, 0.2) is 0 Å². The van der Waals surface area contributed by atoms with Crippen LogP contribution in [0.4, 0.5) is 0 Å². The first-order valence-electron chi connectivity index (χ1n) is 6.99. The van der Waals surface area contributed by atoms with E-state index in [-0.39, 0.29) is 12.3 Å². The molecule has 104 valence electrons. The molecule has 0 bridgehead atoms. The Labute approximate surface area is 108 Å². The highest BCUT2D eigenvalue weighted by Crippen LogP contribution is 2.38. The molecule has 1 aliphatic carbocycles. The summed E-state index contributed by atoms with van der Waals surface area (Å²) in [6, 6.07) is 0. The molecule has 1 fully saturated rings. The number of carbonyl (C=O) groups is 2. The maximum Gasteiger partial charge on any atom is 0.321 e. The number of hydrogen-bond donors (Lipinski definition) is 2. The molecule has 2 N–H and O–H groups in total. The van der Waals surface area contributed by atoms with E-state index < -0.39 is 17.4 Å². The Bertz CT molecular complexity index is 278. The van der Waals surface area contributed by atoms with Crippen LogP contribution in [0, 0.1) is 11.3 Å². The first kappa shape index (κ1) is 15.0. The minimum absolute atomic E-state index is 0.255. The third kappa shape index (κ3) is 3.47. The molecule has 0 atom stereocenters. The Kier molecular flexibility index (Phi) is 5.63. The molecule has 4 nitrogen and oxygen atoms in total. The molecule has 0 aromatic rings. The van der Waals surface area contributed by atoms with Gasteiger partial charge in [0, 0.05) is 0 Å². The number of carboxylic acid groups (broad SMARTS) is 2. The lowest BCUT2D eigenvalue weighted by Crippen LogP contribution is -2.41. The zero-order valence-corrected chi connectivity index (χ0v) is 11.2. The second kappa shape index (κ2) is 6.76. The summed E-state index contributed by atoms with van der Waals surface area (Å²) < 4.78 is 0. The second-order valence-electron chi connectivity index (χ2n) is 5.50. The van der Waals surface area contributed by atoms with Gasteiger partial charge in [0.05, 0.1) is 0 Å². The van der Waals surface area contributed by atoms with E-state index in [9.17, 15) is 19.8 Å². The maximum absolute atomic E-state index is 11.5. The molecule has 0 unspecified atom stereocenters. The number of aliphatic carboxylic acids is 2. The van der Waals surface area contributed by atoms with Crippen molar-refractivity contribution >= 4 is 11.9 Å². The molecule has 0 saturated heterocycles. The van der Waals surface area contributed by atoms with E-state index in [0.717, 1.165) is 32.1 Å². The summed E-state index contributed by atoms with van der Waals surface area (Å²) in [5.74, 6) is -2.05. The van der Waals surface area contributed by atoms with E-state index in [4.69, 9.17) is 0 Å². The Balaban J connectivity index is 2.79. The highest BCUT2D eigenvalue weighted by atomic mass is 16.4. The van der Waals surface area contributed by atoms with Crippen molar-refractivity contribution in [1.82, 2.24) is 0 Å². The quantitative estimate of drug-likeness (QED) is 0.685. The van der Waals surface area contributed by atoms with Crippen molar-refractivity contribution < 1.29 is 19.8 Å². The lowest BCUT2D eigenvalue weighted by Gasteiger charge is -2.31. The molecule has 0 aromatic heterocycles. The Morgan fingerprint density at radius 1 is 1.11 bits per heavy atom. The van der Waals surface area contributed by atoms with Crippen LogP contribution in [0.3, 0.4) is 0 Å². The van der Waals surface area contributed by atoms with Crippen LogP contribution >= 0.6 is 0 Å². The van der Waals surface area contributed by atoms with Crippen LogP contribution in [-0.4, -0.2) is 22.2 Å². The van der Waals surface area contributed by atoms with Crippen LogP contribution in [0.1, 0.15) is 64.7 Å². The van der Waals surface area contributed by atoms with E-state index >= 15 is 0 Å². The number of unbranched alkanes of at least 4 members (excludes halogenated alkanes) is 1. The van der Waals surface area contributed by atoms with Crippen LogP contribution in [-0.2, 0) is 9.59 Å². The van der Waals surface area contributed by atoms with Gasteiger partial charge in [-0.3, -0.25) is 9.59 Å². The number of hydrogen-bond acceptors (Lipinski definition) is 2. The Morgan fingerprint density at radius 3 is 2.11 bits per heavy atom. The van der Waals surface area contributed by atoms with Gasteiger partial charge < -0.3 is 10.2 Å². The third-order valence-electron chi connectivity index (χ3n) is 4.14. The smallest absolute Gasteiger partial charge is 0.321 e. The van der Waals surface area contributed by atoms with Gasteiger partial charge in [0.25, 0.3) is 0 Å². The topological polar surface area (TPSA) is 74.6 Å². The maximum atomic E-state index is 11.5. The average Bonchev–Trinajstić information content (AvgIpc) is 2.35. The summed E-state index contributed by atoms with van der Waals surface area (Å²) in [6.45, 7) is 1.95. The van der Waals surface area contributed by atoms with Crippen LogP contribution in [0.2, 0.25) is 0 Å². The molecule has 1 rings (SSSR count). The van der Waals surface area contributed by atoms with Gasteiger partial charge in [0.2, 0.25) is 0 Å². The molecular formula is C14H24O4. The first-order valence-corrected chi connectivity index (χ1v) is 6.99. The second-order valence-corrected chi connectivity index (χ2v) is 5.50. The average molecular weight is 256 g/mol. The molecule has 0 heterocycles. The third-order valence-corrected chi connectivity index (χ3v) is 4.14. The normalized spacial score (nSPS) is 17.6. The fourth-order valence-corrected chi connectivity index (χ4v) is 2.94. The standard InChI is InChI=1S/C14H24O4/c1-2-3-9-14(12(15)16,13(17)18)10-11-7-5-4-6-8-11/h11H,2-10H2,1H3,(H,15,16)(H,17,18). The van der Waals surface area contributed by atoms with Crippen molar-refractivity contribution in [3.05, 3.63) is 0 Å². The molecule has 1 saturated carbocycles. The van der Waals surface area contributed by atoms with Gasteiger partial charge in [-0.25, -0.2) is 0 Å². The summed E-state index contributed by atoms with van der Waals surface area (Å²) in [5, 5.41) is 18.7. The highest BCUT2D eigenvalue weighted by molar-refractivity contribution is 5.98. The zero-order valence-electron chi connectivity index (χ0n) is 11.2. The summed E-state index contributed by atoms with van der Waals surface area (Å²) in [5.41, 5.74) is -1.56. The molecule has 0 spiro atoms. The summed E-state index contributed by atoms with van der Waals surface area (Å²) >= 11 is 0. The van der Waals surface area contributed by atoms with Crippen molar-refractivity contribution in [2.45, 2.75) is 64.7 Å². The minimum Gasteiger partial charge on any atom is -0.480 e. The van der Waals surface area contributed by atoms with Gasteiger partial charge in [0.15, 0.2) is 5.41 Å². The van der Waals surface area contributed by atoms with Crippen LogP contribution in [0.25, 0.3) is 0 Å². The van der Waals surface area contributed by atoms with Gasteiger partial charge >= 0.3 is 11.9 Å². The van der Waals surface area contributed by atoms with E-state index in [1.54, 1.807) is 0 Å². The largest absolute Gasteiger partial charge is 0.480 e. The molecule has 18 heavy (non-hydrogen) atoms. The van der Waals surface area contributed by atoms with Gasteiger partial charge in [-0.2, -0.15) is 0 Å². The lowest BCUT2D eigenvalue weighted by molar-refractivity contribution is -0.167. The monoisotopic (exact) mass is 256 g/mol. The van der Waals surface area contributed by atoms with Crippen molar-refractivity contribution in [3.63, 3.8) is 0 Å². The minimum atomic E-state index is -1.56. The fourth-order valence-electron chi connectivity index (χ4n) is 2.94. The first-order chi connectivity index (χ1) is 8.53. The predicted molar refractivity (Wildman–Crippen MR) is 68.4 cm³/mol. The molecule has 0 amide bonds. The molecule has 0 radical (unpaired) electrons. The molecule has 1 aliphatic rings. The number of carboxylic acids is 2. The van der Waals surface area contributed by atoms with Crippen molar-refractivity contribution in [1.29, 1.82) is 0 Å². The molecule has 0 aromatic carbocycles. The van der Waals surface area contributed by atoms with Gasteiger partial charge in [-0.15, -0.1) is 0 Å². The lowest BCUT2D eigenvalue weighted by atomic mass is 9.72. The van der Waals surface area contributed by atoms with E-state index in [1.807, 2.05) is 6.92 Å². The van der Waals surface area contributed by atoms with Crippen molar-refractivity contribution in [3.8, 4) is 0 Å². The predicted octanol–water partition coefficient (Wildman–Crippen LogP) is 3.30. The van der Waals surface area contributed by atoms with Crippen molar-refractivity contribution in [2.24, 2.45) is 11.3 Å². The zero-order chi connectivity index (χ0) is 13.6. The summed E-state index contributed by atoms with van der Waals surface area (Å²) in [4.78, 5) is 22.9. The van der Waals surface area contributed by atoms with Gasteiger partial charge in [-0.1, -0.05) is 51.9 Å². The molecule has 4 heteroatoms. The van der Waals surface area contributed by atoms with Crippen LogP contribution < -0.4 is 0 Å². The summed E-state index contributed by atoms with van der Waals surface area (Å²) in [6.07, 6.45) is 7.41. The van der Waals surface area contributed by atoms with Gasteiger partial charge in [-0.05, 0) is 18.8 Å². The fraction of sp³-hybridized carbons (Fsp3) is 0.857. The SMILES string of the molecule is CCCCC(CC1CCCCC1)(C(=O)O)C(=O)O. The highest BCUT2D eigenvalue weighted by Gasteiger charge is 2.47. The van der Waals surface area contributed by atoms with Crippen molar-refractivity contribution in [2.75, 3.05) is 0 Å². The summed E-state index contributed by atoms with van der Waals surface area (Å²) in [7, 11) is 0. The molecular weight excluding hydrogens is 232 g/mol. The van der Waals surface area contributed by atoms with Gasteiger partial charge in [0.1, 0.15) is 0 Å². The Hall–Kier alpha value is -1.06. The van der Waals surface area contributed by atoms with Crippen LogP contribution in [0.5, 0.6) is 0 Å². The number of rotatable bonds is 7. The Morgan fingerprint density at radius 2 is 1.67 bits per heavy atom. The molecule has 0 aliphatic heterocycles. The van der Waals surface area contributed by atoms with E-state index in [0.29, 0.717) is 12.8 Å². The van der Waals surface area contributed by atoms with E-state index in [1.165, 1.54) is 6.42 Å².